The van der Waals surface area contributed by atoms with Crippen LogP contribution in [0, 0.1) is 5.41 Å². The highest BCUT2D eigenvalue weighted by Crippen LogP contribution is 2.46. The first-order chi connectivity index (χ1) is 8.54. The molecule has 2 aromatic heterocycles. The number of hydrogen-bond acceptors (Lipinski definition) is 5. The van der Waals surface area contributed by atoms with Crippen molar-refractivity contribution in [1.82, 2.24) is 24.7 Å². The van der Waals surface area contributed by atoms with E-state index in [-0.39, 0.29) is 5.28 Å². The van der Waals surface area contributed by atoms with Crippen LogP contribution in [0.25, 0.3) is 5.95 Å². The minimum absolute atomic E-state index is 0.163. The molecule has 1 aliphatic rings. The van der Waals surface area contributed by atoms with Crippen molar-refractivity contribution in [3.8, 4) is 5.95 Å². The predicted molar refractivity (Wildman–Crippen MR) is 67.8 cm³/mol. The van der Waals surface area contributed by atoms with Crippen LogP contribution in [0.2, 0.25) is 5.28 Å². The molecule has 0 aromatic carbocycles. The second-order valence-electron chi connectivity index (χ2n) is 5.07. The Labute approximate surface area is 109 Å². The van der Waals surface area contributed by atoms with Gasteiger partial charge in [0.25, 0.3) is 5.95 Å². The maximum absolute atomic E-state index is 5.90. The molecule has 1 N–H and O–H groups in total. The van der Waals surface area contributed by atoms with Crippen molar-refractivity contribution >= 4 is 17.5 Å². The van der Waals surface area contributed by atoms with Gasteiger partial charge >= 0.3 is 0 Å². The molecule has 0 radical (unpaired) electrons. The van der Waals surface area contributed by atoms with Crippen molar-refractivity contribution in [2.45, 2.75) is 26.3 Å². The third-order valence-electron chi connectivity index (χ3n) is 3.12. The SMILES string of the molecule is CC1(C)CC1Nc1nc(Cl)nc(-n2cccn2)n1. The first-order valence-electron chi connectivity index (χ1n) is 5.73. The van der Waals surface area contributed by atoms with Gasteiger partial charge in [-0.1, -0.05) is 13.8 Å². The molecular weight excluding hydrogens is 252 g/mol. The lowest BCUT2D eigenvalue weighted by molar-refractivity contribution is 0.628. The minimum Gasteiger partial charge on any atom is -0.351 e. The Morgan fingerprint density at radius 2 is 2.17 bits per heavy atom. The molecule has 1 saturated carbocycles. The molecule has 2 heterocycles. The van der Waals surface area contributed by atoms with E-state index in [1.165, 1.54) is 0 Å². The number of aromatic nitrogens is 5. The van der Waals surface area contributed by atoms with Gasteiger partial charge in [0, 0.05) is 18.4 Å². The molecule has 18 heavy (non-hydrogen) atoms. The largest absolute Gasteiger partial charge is 0.351 e. The van der Waals surface area contributed by atoms with E-state index in [1.807, 2.05) is 0 Å². The number of anilines is 1. The molecule has 0 bridgehead atoms. The third-order valence-corrected chi connectivity index (χ3v) is 3.29. The molecule has 1 fully saturated rings. The lowest BCUT2D eigenvalue weighted by Gasteiger charge is -2.07. The van der Waals surface area contributed by atoms with E-state index in [0.717, 1.165) is 6.42 Å². The van der Waals surface area contributed by atoms with Crippen LogP contribution in [0.15, 0.2) is 18.5 Å². The van der Waals surface area contributed by atoms with Crippen LogP contribution in [0.1, 0.15) is 20.3 Å². The van der Waals surface area contributed by atoms with Gasteiger partial charge in [-0.3, -0.25) is 0 Å². The predicted octanol–water partition coefficient (Wildman–Crippen LogP) is 1.92. The topological polar surface area (TPSA) is 68.5 Å². The summed E-state index contributed by atoms with van der Waals surface area (Å²) in [7, 11) is 0. The fraction of sp³-hybridized carbons (Fsp3) is 0.455. The number of halogens is 1. The fourth-order valence-electron chi connectivity index (χ4n) is 1.76. The minimum atomic E-state index is 0.163. The molecule has 1 atom stereocenters. The van der Waals surface area contributed by atoms with E-state index < -0.39 is 0 Å². The van der Waals surface area contributed by atoms with Gasteiger partial charge in [-0.05, 0) is 29.5 Å². The van der Waals surface area contributed by atoms with Gasteiger partial charge in [0.1, 0.15) is 0 Å². The third kappa shape index (κ3) is 2.15. The molecule has 0 amide bonds. The summed E-state index contributed by atoms with van der Waals surface area (Å²) in [6.07, 6.45) is 4.53. The summed E-state index contributed by atoms with van der Waals surface area (Å²) in [5, 5.41) is 7.49. The molecule has 3 rings (SSSR count). The van der Waals surface area contributed by atoms with Gasteiger partial charge in [0.05, 0.1) is 0 Å². The second-order valence-corrected chi connectivity index (χ2v) is 5.41. The highest BCUT2D eigenvalue weighted by molar-refractivity contribution is 6.28. The summed E-state index contributed by atoms with van der Waals surface area (Å²) in [6.45, 7) is 4.39. The van der Waals surface area contributed by atoms with Crippen LogP contribution in [0.4, 0.5) is 5.95 Å². The maximum atomic E-state index is 5.90. The van der Waals surface area contributed by atoms with Crippen molar-refractivity contribution in [3.63, 3.8) is 0 Å². The smallest absolute Gasteiger partial charge is 0.256 e. The average Bonchev–Trinajstić information content (AvgIpc) is 2.76. The molecule has 7 heteroatoms. The number of nitrogens with one attached hydrogen (secondary N) is 1. The van der Waals surface area contributed by atoms with E-state index in [0.29, 0.717) is 23.4 Å². The molecule has 0 aliphatic heterocycles. The van der Waals surface area contributed by atoms with Gasteiger partial charge in [-0.25, -0.2) is 4.68 Å². The van der Waals surface area contributed by atoms with Crippen LogP contribution in [-0.4, -0.2) is 30.8 Å². The quantitative estimate of drug-likeness (QED) is 0.917. The molecular formula is C11H13ClN6. The fourth-order valence-corrected chi connectivity index (χ4v) is 1.92. The number of rotatable bonds is 3. The van der Waals surface area contributed by atoms with Gasteiger partial charge in [-0.2, -0.15) is 20.1 Å². The van der Waals surface area contributed by atoms with Crippen molar-refractivity contribution in [1.29, 1.82) is 0 Å². The molecule has 1 aliphatic carbocycles. The molecule has 0 saturated heterocycles. The summed E-state index contributed by atoms with van der Waals surface area (Å²) in [5.74, 6) is 0.914. The van der Waals surface area contributed by atoms with Crippen molar-refractivity contribution in [2.75, 3.05) is 5.32 Å². The van der Waals surface area contributed by atoms with Gasteiger partial charge in [-0.15, -0.1) is 0 Å². The van der Waals surface area contributed by atoms with E-state index >= 15 is 0 Å². The summed E-state index contributed by atoms with van der Waals surface area (Å²) >= 11 is 5.90. The van der Waals surface area contributed by atoms with Crippen LogP contribution >= 0.6 is 11.6 Å². The Bertz CT molecular complexity index is 565. The van der Waals surface area contributed by atoms with Crippen LogP contribution in [-0.2, 0) is 0 Å². The van der Waals surface area contributed by atoms with Crippen LogP contribution < -0.4 is 5.32 Å². The molecule has 94 valence electrons. The molecule has 0 spiro atoms. The summed E-state index contributed by atoms with van der Waals surface area (Å²) in [5.41, 5.74) is 0.297. The van der Waals surface area contributed by atoms with Crippen LogP contribution in [0.3, 0.4) is 0 Å². The molecule has 6 nitrogen and oxygen atoms in total. The van der Waals surface area contributed by atoms with Crippen molar-refractivity contribution < 1.29 is 0 Å². The Morgan fingerprint density at radius 1 is 1.39 bits per heavy atom. The number of hydrogen-bond donors (Lipinski definition) is 1. The van der Waals surface area contributed by atoms with Gasteiger partial charge in [0.2, 0.25) is 11.2 Å². The lowest BCUT2D eigenvalue weighted by Crippen LogP contribution is -2.13. The van der Waals surface area contributed by atoms with Crippen LogP contribution in [0.5, 0.6) is 0 Å². The first kappa shape index (κ1) is 11.4. The Hall–Kier alpha value is -1.69. The highest BCUT2D eigenvalue weighted by Gasteiger charge is 2.46. The Balaban J connectivity index is 1.87. The first-order valence-corrected chi connectivity index (χ1v) is 6.10. The zero-order valence-electron chi connectivity index (χ0n) is 10.1. The zero-order valence-corrected chi connectivity index (χ0v) is 10.9. The van der Waals surface area contributed by atoms with Crippen molar-refractivity contribution in [2.24, 2.45) is 5.41 Å². The van der Waals surface area contributed by atoms with E-state index in [1.54, 1.807) is 23.1 Å². The van der Waals surface area contributed by atoms with E-state index in [9.17, 15) is 0 Å². The van der Waals surface area contributed by atoms with E-state index in [4.69, 9.17) is 11.6 Å². The average molecular weight is 265 g/mol. The van der Waals surface area contributed by atoms with E-state index in [2.05, 4.69) is 39.2 Å². The zero-order chi connectivity index (χ0) is 12.8. The molecule has 2 aromatic rings. The van der Waals surface area contributed by atoms with Gasteiger partial charge in [0.15, 0.2) is 0 Å². The number of nitrogens with zero attached hydrogens (tertiary/aromatic N) is 5. The highest BCUT2D eigenvalue weighted by atomic mass is 35.5. The summed E-state index contributed by atoms with van der Waals surface area (Å²) in [4.78, 5) is 12.4. The van der Waals surface area contributed by atoms with Crippen molar-refractivity contribution in [3.05, 3.63) is 23.7 Å². The molecule has 1 unspecified atom stereocenters. The Morgan fingerprint density at radius 3 is 2.78 bits per heavy atom. The monoisotopic (exact) mass is 264 g/mol. The maximum Gasteiger partial charge on any atom is 0.256 e. The van der Waals surface area contributed by atoms with Gasteiger partial charge < -0.3 is 5.32 Å². The normalized spacial score (nSPS) is 20.7. The standard InChI is InChI=1S/C11H13ClN6/c1-11(2)6-7(11)14-9-15-8(12)16-10(17-9)18-5-3-4-13-18/h3-5,7H,6H2,1-2H3,(H,14,15,16,17). The summed E-state index contributed by atoms with van der Waals surface area (Å²) < 4.78 is 1.55. The Kier molecular flexibility index (Phi) is 2.48. The second kappa shape index (κ2) is 3.91. The lowest BCUT2D eigenvalue weighted by atomic mass is 10.2. The summed E-state index contributed by atoms with van der Waals surface area (Å²) in [6, 6.07) is 2.19.